The third-order valence-corrected chi connectivity index (χ3v) is 3.23. The Bertz CT molecular complexity index is 591. The van der Waals surface area contributed by atoms with Crippen molar-refractivity contribution in [2.45, 2.75) is 20.3 Å². The van der Waals surface area contributed by atoms with E-state index in [-0.39, 0.29) is 5.78 Å². The molecular formula is C18H18O. The minimum Gasteiger partial charge on any atom is -0.289 e. The fourth-order valence-corrected chi connectivity index (χ4v) is 1.98. The van der Waals surface area contributed by atoms with Crippen molar-refractivity contribution >= 4 is 11.9 Å². The molecule has 0 aliphatic heterocycles. The molecule has 0 fully saturated rings. The SMILES string of the molecule is CCc1ccc(C=CC(=O)c2ccccc2C)cc1. The van der Waals surface area contributed by atoms with Gasteiger partial charge in [-0.05, 0) is 36.1 Å². The summed E-state index contributed by atoms with van der Waals surface area (Å²) in [5.74, 6) is 0.0534. The summed E-state index contributed by atoms with van der Waals surface area (Å²) in [5, 5.41) is 0. The van der Waals surface area contributed by atoms with E-state index in [1.54, 1.807) is 6.08 Å². The smallest absolute Gasteiger partial charge is 0.186 e. The second-order valence-electron chi connectivity index (χ2n) is 4.61. The summed E-state index contributed by atoms with van der Waals surface area (Å²) >= 11 is 0. The Morgan fingerprint density at radius 2 is 1.74 bits per heavy atom. The van der Waals surface area contributed by atoms with Crippen molar-refractivity contribution in [3.63, 3.8) is 0 Å². The van der Waals surface area contributed by atoms with E-state index in [9.17, 15) is 4.79 Å². The lowest BCUT2D eigenvalue weighted by molar-refractivity contribution is 0.104. The highest BCUT2D eigenvalue weighted by atomic mass is 16.1. The van der Waals surface area contributed by atoms with Gasteiger partial charge in [0.15, 0.2) is 5.78 Å². The highest BCUT2D eigenvalue weighted by molar-refractivity contribution is 6.07. The fourth-order valence-electron chi connectivity index (χ4n) is 1.98. The van der Waals surface area contributed by atoms with Gasteiger partial charge in [-0.25, -0.2) is 0 Å². The molecule has 0 atom stereocenters. The Balaban J connectivity index is 2.14. The molecule has 0 amide bonds. The lowest BCUT2D eigenvalue weighted by atomic mass is 10.0. The summed E-state index contributed by atoms with van der Waals surface area (Å²) in [5.41, 5.74) is 4.14. The number of ketones is 1. The molecule has 2 aromatic carbocycles. The molecule has 0 heterocycles. The Morgan fingerprint density at radius 1 is 1.05 bits per heavy atom. The van der Waals surface area contributed by atoms with Crippen LogP contribution in [0.3, 0.4) is 0 Å². The van der Waals surface area contributed by atoms with Gasteiger partial charge < -0.3 is 0 Å². The summed E-state index contributed by atoms with van der Waals surface area (Å²) < 4.78 is 0. The minimum absolute atomic E-state index is 0.0534. The van der Waals surface area contributed by atoms with Crippen molar-refractivity contribution in [1.82, 2.24) is 0 Å². The van der Waals surface area contributed by atoms with Crippen LogP contribution < -0.4 is 0 Å². The molecule has 0 saturated carbocycles. The van der Waals surface area contributed by atoms with Gasteiger partial charge in [-0.2, -0.15) is 0 Å². The van der Waals surface area contributed by atoms with Crippen LogP contribution in [-0.4, -0.2) is 5.78 Å². The van der Waals surface area contributed by atoms with E-state index >= 15 is 0 Å². The summed E-state index contributed by atoms with van der Waals surface area (Å²) in [7, 11) is 0. The van der Waals surface area contributed by atoms with Crippen LogP contribution in [0.1, 0.15) is 34.0 Å². The molecule has 0 spiro atoms. The predicted molar refractivity (Wildman–Crippen MR) is 80.4 cm³/mol. The maximum Gasteiger partial charge on any atom is 0.186 e. The number of aryl methyl sites for hydroxylation is 2. The van der Waals surface area contributed by atoms with Gasteiger partial charge in [-0.15, -0.1) is 0 Å². The number of benzene rings is 2. The molecule has 2 rings (SSSR count). The van der Waals surface area contributed by atoms with Gasteiger partial charge in [0, 0.05) is 5.56 Å². The molecule has 0 radical (unpaired) electrons. The van der Waals surface area contributed by atoms with Crippen LogP contribution in [0, 0.1) is 6.92 Å². The van der Waals surface area contributed by atoms with Gasteiger partial charge in [0.2, 0.25) is 0 Å². The predicted octanol–water partition coefficient (Wildman–Crippen LogP) is 4.45. The molecule has 0 N–H and O–H groups in total. The van der Waals surface area contributed by atoms with Crippen LogP contribution in [0.5, 0.6) is 0 Å². The van der Waals surface area contributed by atoms with Gasteiger partial charge in [-0.1, -0.05) is 61.5 Å². The molecule has 0 aromatic heterocycles. The molecular weight excluding hydrogens is 232 g/mol. The lowest BCUT2D eigenvalue weighted by Gasteiger charge is -2.00. The van der Waals surface area contributed by atoms with Crippen LogP contribution in [0.15, 0.2) is 54.6 Å². The fraction of sp³-hybridized carbons (Fsp3) is 0.167. The number of hydrogen-bond donors (Lipinski definition) is 0. The number of allylic oxidation sites excluding steroid dienone is 1. The van der Waals surface area contributed by atoms with Crippen molar-refractivity contribution in [2.75, 3.05) is 0 Å². The van der Waals surface area contributed by atoms with Gasteiger partial charge in [0.1, 0.15) is 0 Å². The van der Waals surface area contributed by atoms with E-state index < -0.39 is 0 Å². The van der Waals surface area contributed by atoms with Crippen LogP contribution in [0.4, 0.5) is 0 Å². The first-order chi connectivity index (χ1) is 9.20. The Kier molecular flexibility index (Phi) is 4.30. The first kappa shape index (κ1) is 13.3. The van der Waals surface area contributed by atoms with Gasteiger partial charge in [0.25, 0.3) is 0 Å². The quantitative estimate of drug-likeness (QED) is 0.578. The van der Waals surface area contributed by atoms with E-state index in [0.29, 0.717) is 0 Å². The third-order valence-electron chi connectivity index (χ3n) is 3.23. The third kappa shape index (κ3) is 3.41. The van der Waals surface area contributed by atoms with E-state index in [4.69, 9.17) is 0 Å². The molecule has 96 valence electrons. The Labute approximate surface area is 114 Å². The normalized spacial score (nSPS) is 10.8. The van der Waals surface area contributed by atoms with Crippen LogP contribution in [0.25, 0.3) is 6.08 Å². The van der Waals surface area contributed by atoms with Gasteiger partial charge in [0.05, 0.1) is 0 Å². The van der Waals surface area contributed by atoms with Crippen molar-refractivity contribution in [3.05, 3.63) is 76.9 Å². The number of carbonyl (C=O) groups is 1. The van der Waals surface area contributed by atoms with Crippen molar-refractivity contribution in [2.24, 2.45) is 0 Å². The topological polar surface area (TPSA) is 17.1 Å². The molecule has 1 nitrogen and oxygen atoms in total. The zero-order valence-corrected chi connectivity index (χ0v) is 11.4. The molecule has 19 heavy (non-hydrogen) atoms. The average Bonchev–Trinajstić information content (AvgIpc) is 2.46. The zero-order chi connectivity index (χ0) is 13.7. The van der Waals surface area contributed by atoms with Crippen LogP contribution in [0.2, 0.25) is 0 Å². The zero-order valence-electron chi connectivity index (χ0n) is 11.4. The van der Waals surface area contributed by atoms with E-state index in [1.165, 1.54) is 5.56 Å². The highest BCUT2D eigenvalue weighted by Gasteiger charge is 2.03. The van der Waals surface area contributed by atoms with E-state index in [0.717, 1.165) is 23.1 Å². The standard InChI is InChI=1S/C18H18O/c1-3-15-8-10-16(11-9-15)12-13-18(19)17-7-5-4-6-14(17)2/h4-13H,3H2,1-2H3. The molecule has 0 unspecified atom stereocenters. The Morgan fingerprint density at radius 3 is 2.37 bits per heavy atom. The number of rotatable bonds is 4. The molecule has 0 saturated heterocycles. The van der Waals surface area contributed by atoms with Gasteiger partial charge in [-0.3, -0.25) is 4.79 Å². The van der Waals surface area contributed by atoms with Crippen molar-refractivity contribution in [1.29, 1.82) is 0 Å². The summed E-state index contributed by atoms with van der Waals surface area (Å²) in [4.78, 5) is 12.1. The molecule has 0 aliphatic carbocycles. The minimum atomic E-state index is 0.0534. The van der Waals surface area contributed by atoms with Gasteiger partial charge >= 0.3 is 0 Å². The Hall–Kier alpha value is -2.15. The largest absolute Gasteiger partial charge is 0.289 e. The van der Waals surface area contributed by atoms with Crippen LogP contribution in [-0.2, 0) is 6.42 Å². The first-order valence-electron chi connectivity index (χ1n) is 6.57. The second-order valence-corrected chi connectivity index (χ2v) is 4.61. The maximum atomic E-state index is 12.1. The first-order valence-corrected chi connectivity index (χ1v) is 6.57. The molecule has 2 aromatic rings. The molecule has 0 aliphatic rings. The maximum absolute atomic E-state index is 12.1. The van der Waals surface area contributed by atoms with Crippen molar-refractivity contribution in [3.8, 4) is 0 Å². The highest BCUT2D eigenvalue weighted by Crippen LogP contribution is 2.11. The van der Waals surface area contributed by atoms with E-state index in [2.05, 4.69) is 19.1 Å². The van der Waals surface area contributed by atoms with Crippen molar-refractivity contribution < 1.29 is 4.79 Å². The summed E-state index contributed by atoms with van der Waals surface area (Å²) in [6, 6.07) is 15.9. The summed E-state index contributed by atoms with van der Waals surface area (Å²) in [6.45, 7) is 4.09. The average molecular weight is 250 g/mol. The number of hydrogen-bond acceptors (Lipinski definition) is 1. The molecule has 0 bridgehead atoms. The van der Waals surface area contributed by atoms with E-state index in [1.807, 2.05) is 49.4 Å². The van der Waals surface area contributed by atoms with Crippen LogP contribution >= 0.6 is 0 Å². The monoisotopic (exact) mass is 250 g/mol. The molecule has 1 heteroatoms. The summed E-state index contributed by atoms with van der Waals surface area (Å²) in [6.07, 6.45) is 4.55. The lowest BCUT2D eigenvalue weighted by Crippen LogP contribution is -1.96. The number of carbonyl (C=O) groups excluding carboxylic acids is 1. The second kappa shape index (κ2) is 6.14.